The first-order chi connectivity index (χ1) is 8.31. The van der Waals surface area contributed by atoms with Crippen LogP contribution in [0.4, 0.5) is 0 Å². The Hall–Kier alpha value is -1.62. The zero-order valence-corrected chi connectivity index (χ0v) is 10.4. The summed E-state index contributed by atoms with van der Waals surface area (Å²) in [6, 6.07) is 4.11. The first-order valence-corrected chi connectivity index (χ1v) is 5.99. The molecular formula is C12H19N5. The lowest BCUT2D eigenvalue weighted by molar-refractivity contribution is 0.547. The summed E-state index contributed by atoms with van der Waals surface area (Å²) in [5, 5.41) is 11.8. The third kappa shape index (κ3) is 2.94. The Kier molecular flexibility index (Phi) is 3.93. The zero-order chi connectivity index (χ0) is 12.1. The molecule has 0 spiro atoms. The first-order valence-electron chi connectivity index (χ1n) is 5.99. The molecule has 0 aliphatic rings. The second-order valence-electron chi connectivity index (χ2n) is 4.02. The topological polar surface area (TPSA) is 47.7 Å². The molecule has 5 heteroatoms. The highest BCUT2D eigenvalue weighted by molar-refractivity contribution is 5.03. The van der Waals surface area contributed by atoms with Crippen LogP contribution < -0.4 is 5.32 Å². The molecule has 2 rings (SSSR count). The van der Waals surface area contributed by atoms with Crippen molar-refractivity contribution in [3.8, 4) is 0 Å². The van der Waals surface area contributed by atoms with Crippen molar-refractivity contribution in [3.05, 3.63) is 35.9 Å². The minimum atomic E-state index is 0.877. The van der Waals surface area contributed by atoms with Gasteiger partial charge in [-0.1, -0.05) is 6.92 Å². The van der Waals surface area contributed by atoms with Gasteiger partial charge in [0.1, 0.15) is 0 Å². The molecule has 0 unspecified atom stereocenters. The molecule has 2 heterocycles. The van der Waals surface area contributed by atoms with Crippen LogP contribution in [0.2, 0.25) is 0 Å². The lowest BCUT2D eigenvalue weighted by Crippen LogP contribution is -2.17. The van der Waals surface area contributed by atoms with E-state index in [1.807, 2.05) is 30.2 Å². The number of aromatic nitrogens is 4. The predicted molar refractivity (Wildman–Crippen MR) is 66.5 cm³/mol. The monoisotopic (exact) mass is 233 g/mol. The van der Waals surface area contributed by atoms with Crippen molar-refractivity contribution in [1.29, 1.82) is 0 Å². The van der Waals surface area contributed by atoms with E-state index in [2.05, 4.69) is 33.2 Å². The molecule has 0 saturated carbocycles. The minimum absolute atomic E-state index is 0.877. The van der Waals surface area contributed by atoms with Crippen molar-refractivity contribution in [1.82, 2.24) is 24.9 Å². The number of hydrogen-bond acceptors (Lipinski definition) is 3. The van der Waals surface area contributed by atoms with E-state index in [9.17, 15) is 0 Å². The molecular weight excluding hydrogens is 214 g/mol. The van der Waals surface area contributed by atoms with E-state index < -0.39 is 0 Å². The molecule has 0 aromatic carbocycles. The van der Waals surface area contributed by atoms with Crippen molar-refractivity contribution in [2.75, 3.05) is 6.54 Å². The van der Waals surface area contributed by atoms with E-state index in [1.54, 1.807) is 0 Å². The molecule has 0 amide bonds. The van der Waals surface area contributed by atoms with E-state index >= 15 is 0 Å². The van der Waals surface area contributed by atoms with Gasteiger partial charge in [-0.25, -0.2) is 0 Å². The average molecular weight is 233 g/mol. The summed E-state index contributed by atoms with van der Waals surface area (Å²) in [4.78, 5) is 0. The van der Waals surface area contributed by atoms with Crippen molar-refractivity contribution < 1.29 is 0 Å². The minimum Gasteiger partial charge on any atom is -0.311 e. The third-order valence-corrected chi connectivity index (χ3v) is 2.86. The molecule has 0 aliphatic carbocycles. The van der Waals surface area contributed by atoms with Gasteiger partial charge in [0.15, 0.2) is 0 Å². The van der Waals surface area contributed by atoms with Crippen LogP contribution in [-0.4, -0.2) is 26.1 Å². The Labute approximate surface area is 101 Å². The van der Waals surface area contributed by atoms with Gasteiger partial charge in [0, 0.05) is 44.6 Å². The Morgan fingerprint density at radius 1 is 1.18 bits per heavy atom. The second-order valence-corrected chi connectivity index (χ2v) is 4.02. The largest absolute Gasteiger partial charge is 0.311 e. The van der Waals surface area contributed by atoms with Crippen LogP contribution >= 0.6 is 0 Å². The molecule has 0 fully saturated rings. The summed E-state index contributed by atoms with van der Waals surface area (Å²) in [6.45, 7) is 4.86. The van der Waals surface area contributed by atoms with Crippen LogP contribution in [0.1, 0.15) is 18.3 Å². The number of aryl methyl sites for hydroxylation is 3. The Morgan fingerprint density at radius 3 is 2.65 bits per heavy atom. The van der Waals surface area contributed by atoms with Crippen molar-refractivity contribution in [3.63, 3.8) is 0 Å². The van der Waals surface area contributed by atoms with Crippen LogP contribution in [-0.2, 0) is 26.6 Å². The quantitative estimate of drug-likeness (QED) is 0.808. The van der Waals surface area contributed by atoms with Crippen molar-refractivity contribution in [2.24, 2.45) is 7.05 Å². The van der Waals surface area contributed by atoms with Crippen LogP contribution in [0.25, 0.3) is 0 Å². The van der Waals surface area contributed by atoms with Gasteiger partial charge in [-0.2, -0.15) is 10.2 Å². The number of nitrogens with one attached hydrogen (secondary N) is 1. The molecule has 1 N–H and O–H groups in total. The van der Waals surface area contributed by atoms with Crippen LogP contribution in [0.3, 0.4) is 0 Å². The molecule has 0 radical (unpaired) electrons. The molecule has 2 aromatic rings. The van der Waals surface area contributed by atoms with E-state index in [0.29, 0.717) is 0 Å². The summed E-state index contributed by atoms with van der Waals surface area (Å²) < 4.78 is 3.96. The smallest absolute Gasteiger partial charge is 0.0522 e. The fourth-order valence-corrected chi connectivity index (χ4v) is 1.83. The predicted octanol–water partition coefficient (Wildman–Crippen LogP) is 0.969. The Balaban J connectivity index is 1.95. The van der Waals surface area contributed by atoms with Gasteiger partial charge in [0.05, 0.1) is 5.69 Å². The van der Waals surface area contributed by atoms with Gasteiger partial charge in [-0.05, 0) is 18.7 Å². The van der Waals surface area contributed by atoms with Crippen molar-refractivity contribution >= 4 is 0 Å². The van der Waals surface area contributed by atoms with E-state index in [4.69, 9.17) is 0 Å². The lowest BCUT2D eigenvalue weighted by Gasteiger charge is -2.08. The zero-order valence-electron chi connectivity index (χ0n) is 10.4. The SMILES string of the molecule is CCNCc1ccnn1CCc1ccnn1C. The fourth-order valence-electron chi connectivity index (χ4n) is 1.83. The summed E-state index contributed by atoms with van der Waals surface area (Å²) >= 11 is 0. The molecule has 92 valence electrons. The normalized spacial score (nSPS) is 10.9. The van der Waals surface area contributed by atoms with Gasteiger partial charge in [-0.15, -0.1) is 0 Å². The maximum atomic E-state index is 4.35. The third-order valence-electron chi connectivity index (χ3n) is 2.86. The average Bonchev–Trinajstić information content (AvgIpc) is 2.93. The Morgan fingerprint density at radius 2 is 1.94 bits per heavy atom. The second kappa shape index (κ2) is 5.63. The summed E-state index contributed by atoms with van der Waals surface area (Å²) in [7, 11) is 1.97. The molecule has 0 atom stereocenters. The van der Waals surface area contributed by atoms with Gasteiger partial charge in [-0.3, -0.25) is 9.36 Å². The van der Waals surface area contributed by atoms with Gasteiger partial charge in [0.2, 0.25) is 0 Å². The van der Waals surface area contributed by atoms with E-state index in [1.165, 1.54) is 11.4 Å². The maximum Gasteiger partial charge on any atom is 0.0522 e. The van der Waals surface area contributed by atoms with E-state index in [0.717, 1.165) is 26.1 Å². The number of nitrogens with zero attached hydrogens (tertiary/aromatic N) is 4. The first kappa shape index (κ1) is 11.9. The van der Waals surface area contributed by atoms with Gasteiger partial charge < -0.3 is 5.32 Å². The lowest BCUT2D eigenvalue weighted by atomic mass is 10.3. The number of rotatable bonds is 6. The van der Waals surface area contributed by atoms with Crippen LogP contribution in [0.15, 0.2) is 24.5 Å². The summed E-state index contributed by atoms with van der Waals surface area (Å²) in [6.07, 6.45) is 4.64. The van der Waals surface area contributed by atoms with Crippen molar-refractivity contribution in [2.45, 2.75) is 26.4 Å². The van der Waals surface area contributed by atoms with Gasteiger partial charge in [0.25, 0.3) is 0 Å². The molecule has 0 saturated heterocycles. The fraction of sp³-hybridized carbons (Fsp3) is 0.500. The van der Waals surface area contributed by atoms with Gasteiger partial charge >= 0.3 is 0 Å². The molecule has 2 aromatic heterocycles. The highest BCUT2D eigenvalue weighted by Gasteiger charge is 2.03. The number of hydrogen-bond donors (Lipinski definition) is 1. The highest BCUT2D eigenvalue weighted by atomic mass is 15.3. The van der Waals surface area contributed by atoms with Crippen LogP contribution in [0, 0.1) is 0 Å². The molecule has 5 nitrogen and oxygen atoms in total. The molecule has 17 heavy (non-hydrogen) atoms. The van der Waals surface area contributed by atoms with Crippen LogP contribution in [0.5, 0.6) is 0 Å². The highest BCUT2D eigenvalue weighted by Crippen LogP contribution is 2.03. The maximum absolute atomic E-state index is 4.35. The molecule has 0 aliphatic heterocycles. The van der Waals surface area contributed by atoms with E-state index in [-0.39, 0.29) is 0 Å². The Bertz CT molecular complexity index is 457. The molecule has 0 bridgehead atoms. The summed E-state index contributed by atoms with van der Waals surface area (Å²) in [5.74, 6) is 0. The summed E-state index contributed by atoms with van der Waals surface area (Å²) in [5.41, 5.74) is 2.46. The standard InChI is InChI=1S/C12H19N5/c1-3-13-10-12-5-8-15-17(12)9-6-11-4-7-14-16(11)2/h4-5,7-8,13H,3,6,9-10H2,1-2H3.